The van der Waals surface area contributed by atoms with Crippen LogP contribution in [-0.2, 0) is 11.4 Å². The number of hydrogen-bond acceptors (Lipinski definition) is 8. The molecule has 0 aliphatic carbocycles. The van der Waals surface area contributed by atoms with Gasteiger partial charge in [-0.15, -0.1) is 0 Å². The van der Waals surface area contributed by atoms with E-state index in [0.717, 1.165) is 6.20 Å². The van der Waals surface area contributed by atoms with E-state index in [1.165, 1.54) is 6.07 Å². The number of halogens is 1. The van der Waals surface area contributed by atoms with Crippen LogP contribution >= 0.6 is 0 Å². The topological polar surface area (TPSA) is 109 Å². The van der Waals surface area contributed by atoms with Crippen molar-refractivity contribution < 1.29 is 14.3 Å². The Morgan fingerprint density at radius 3 is 2.93 bits per heavy atom. The molecule has 146 valence electrons. The smallest absolute Gasteiger partial charge is 0.182 e. The van der Waals surface area contributed by atoms with Gasteiger partial charge in [0.2, 0.25) is 0 Å². The number of fused-ring (bicyclic) bond motifs is 1. The van der Waals surface area contributed by atoms with Crippen molar-refractivity contribution in [1.82, 2.24) is 25.1 Å². The highest BCUT2D eigenvalue weighted by atomic mass is 19.1. The molecule has 0 unspecified atom stereocenters. The number of hydrogen-bond donors (Lipinski definition) is 3. The zero-order chi connectivity index (χ0) is 19.9. The molecule has 10 heteroatoms. The van der Waals surface area contributed by atoms with Crippen molar-refractivity contribution in [2.45, 2.75) is 39.1 Å². The lowest BCUT2D eigenvalue weighted by Gasteiger charge is -2.17. The molecule has 0 fully saturated rings. The normalized spacial score (nSPS) is 16.7. The lowest BCUT2D eigenvalue weighted by Crippen LogP contribution is -2.23. The quantitative estimate of drug-likeness (QED) is 0.616. The largest absolute Gasteiger partial charge is 0.390 e. The van der Waals surface area contributed by atoms with Crippen molar-refractivity contribution in [1.29, 1.82) is 0 Å². The minimum absolute atomic E-state index is 0.276. The maximum Gasteiger partial charge on any atom is 0.182 e. The maximum atomic E-state index is 13.6. The SMILES string of the molecule is C[C@@H](Nc1ccn2ncc(C3=NC(C)(C)ON3)c2n1)c1cc(F)cnc1CO. The van der Waals surface area contributed by atoms with E-state index in [1.54, 1.807) is 23.0 Å². The van der Waals surface area contributed by atoms with E-state index in [0.29, 0.717) is 34.1 Å². The van der Waals surface area contributed by atoms with Crippen molar-refractivity contribution in [2.75, 3.05) is 5.32 Å². The average Bonchev–Trinajstić information content (AvgIpc) is 3.24. The molecule has 3 aromatic heterocycles. The minimum atomic E-state index is -0.668. The lowest BCUT2D eigenvalue weighted by molar-refractivity contribution is -0.0269. The molecule has 0 amide bonds. The Balaban J connectivity index is 1.65. The molecule has 0 saturated carbocycles. The number of aliphatic hydroxyl groups is 1. The highest BCUT2D eigenvalue weighted by Crippen LogP contribution is 2.23. The summed E-state index contributed by atoms with van der Waals surface area (Å²) in [6.45, 7) is 5.25. The summed E-state index contributed by atoms with van der Waals surface area (Å²) < 4.78 is 15.2. The number of pyridine rings is 1. The van der Waals surface area contributed by atoms with E-state index in [9.17, 15) is 9.50 Å². The van der Waals surface area contributed by atoms with Crippen LogP contribution in [0.4, 0.5) is 10.2 Å². The van der Waals surface area contributed by atoms with E-state index in [2.05, 4.69) is 30.9 Å². The fourth-order valence-corrected chi connectivity index (χ4v) is 3.01. The molecule has 0 aromatic carbocycles. The first kappa shape index (κ1) is 18.3. The molecule has 3 aromatic rings. The standard InChI is InChI=1S/C18H20FN7O2/c1-10(12-6-11(19)7-20-14(12)9-27)22-15-4-5-26-17(23-15)13(8-21-26)16-24-18(2,3)28-25-16/h4-8,10,27H,9H2,1-3H3,(H,22,23)(H,24,25)/t10-/m1/s1. The second-order valence-electron chi connectivity index (χ2n) is 6.96. The molecule has 0 saturated heterocycles. The van der Waals surface area contributed by atoms with Crippen LogP contribution in [0.15, 0.2) is 35.7 Å². The van der Waals surface area contributed by atoms with Gasteiger partial charge in [0.05, 0.1) is 36.3 Å². The molecule has 4 heterocycles. The van der Waals surface area contributed by atoms with Crippen LogP contribution in [-0.4, -0.2) is 36.2 Å². The Morgan fingerprint density at radius 1 is 1.39 bits per heavy atom. The Morgan fingerprint density at radius 2 is 2.21 bits per heavy atom. The van der Waals surface area contributed by atoms with Gasteiger partial charge in [0, 0.05) is 11.8 Å². The summed E-state index contributed by atoms with van der Waals surface area (Å²) in [6, 6.07) is 2.79. The van der Waals surface area contributed by atoms with Gasteiger partial charge in [0.15, 0.2) is 17.2 Å². The predicted octanol–water partition coefficient (Wildman–Crippen LogP) is 1.95. The summed E-state index contributed by atoms with van der Waals surface area (Å²) in [4.78, 5) is 18.4. The van der Waals surface area contributed by atoms with Crippen LogP contribution in [0.5, 0.6) is 0 Å². The number of anilines is 1. The van der Waals surface area contributed by atoms with E-state index < -0.39 is 11.5 Å². The molecule has 1 aliphatic rings. The first-order chi connectivity index (χ1) is 13.4. The van der Waals surface area contributed by atoms with Crippen LogP contribution in [0.3, 0.4) is 0 Å². The molecule has 3 N–H and O–H groups in total. The third-order valence-electron chi connectivity index (χ3n) is 4.35. The van der Waals surface area contributed by atoms with Gasteiger partial charge in [-0.1, -0.05) is 0 Å². The molecule has 0 spiro atoms. The minimum Gasteiger partial charge on any atom is -0.390 e. The summed E-state index contributed by atoms with van der Waals surface area (Å²) in [5.74, 6) is 0.651. The number of hydroxylamine groups is 1. The van der Waals surface area contributed by atoms with Gasteiger partial charge in [0.1, 0.15) is 11.6 Å². The number of rotatable bonds is 5. The van der Waals surface area contributed by atoms with E-state index in [4.69, 9.17) is 4.84 Å². The summed E-state index contributed by atoms with van der Waals surface area (Å²) >= 11 is 0. The van der Waals surface area contributed by atoms with Gasteiger partial charge >= 0.3 is 0 Å². The Kier molecular flexibility index (Phi) is 4.44. The second-order valence-corrected chi connectivity index (χ2v) is 6.96. The van der Waals surface area contributed by atoms with Gasteiger partial charge in [-0.3, -0.25) is 4.98 Å². The second kappa shape index (κ2) is 6.80. The molecule has 0 radical (unpaired) electrons. The van der Waals surface area contributed by atoms with Crippen molar-refractivity contribution in [3.05, 3.63) is 53.4 Å². The third-order valence-corrected chi connectivity index (χ3v) is 4.35. The average molecular weight is 385 g/mol. The summed E-state index contributed by atoms with van der Waals surface area (Å²) in [5.41, 5.74) is 4.40. The highest BCUT2D eigenvalue weighted by molar-refractivity contribution is 6.03. The van der Waals surface area contributed by atoms with Gasteiger partial charge < -0.3 is 10.4 Å². The van der Waals surface area contributed by atoms with Gasteiger partial charge in [-0.25, -0.2) is 29.2 Å². The van der Waals surface area contributed by atoms with Gasteiger partial charge in [0.25, 0.3) is 0 Å². The van der Waals surface area contributed by atoms with Crippen LogP contribution in [0.1, 0.15) is 43.6 Å². The summed E-state index contributed by atoms with van der Waals surface area (Å²) in [6.07, 6.45) is 4.51. The summed E-state index contributed by atoms with van der Waals surface area (Å²) in [5, 5.41) is 17.0. The van der Waals surface area contributed by atoms with Crippen LogP contribution in [0.25, 0.3) is 5.65 Å². The maximum absolute atomic E-state index is 13.6. The molecule has 0 bridgehead atoms. The van der Waals surface area contributed by atoms with Crippen LogP contribution < -0.4 is 10.8 Å². The number of amidine groups is 1. The van der Waals surface area contributed by atoms with Crippen molar-refractivity contribution >= 4 is 17.3 Å². The monoisotopic (exact) mass is 385 g/mol. The fourth-order valence-electron chi connectivity index (χ4n) is 3.01. The molecule has 9 nitrogen and oxygen atoms in total. The number of nitrogens with one attached hydrogen (secondary N) is 2. The highest BCUT2D eigenvalue weighted by Gasteiger charge is 2.28. The van der Waals surface area contributed by atoms with Gasteiger partial charge in [-0.05, 0) is 32.9 Å². The fraction of sp³-hybridized carbons (Fsp3) is 0.333. The number of nitrogens with zero attached hydrogens (tertiary/aromatic N) is 5. The molecular weight excluding hydrogens is 365 g/mol. The molecule has 28 heavy (non-hydrogen) atoms. The van der Waals surface area contributed by atoms with E-state index in [1.807, 2.05) is 20.8 Å². The zero-order valence-corrected chi connectivity index (χ0v) is 15.6. The number of aliphatic hydroxyl groups excluding tert-OH is 1. The molecule has 1 atom stereocenters. The Hall–Kier alpha value is -3.11. The van der Waals surface area contributed by atoms with Crippen molar-refractivity contribution in [2.24, 2.45) is 4.99 Å². The number of aliphatic imine (C=N–C) groups is 1. The Bertz CT molecular complexity index is 1060. The van der Waals surface area contributed by atoms with Crippen LogP contribution in [0.2, 0.25) is 0 Å². The predicted molar refractivity (Wildman–Crippen MR) is 100.0 cm³/mol. The van der Waals surface area contributed by atoms with Crippen LogP contribution in [0, 0.1) is 5.82 Å². The van der Waals surface area contributed by atoms with E-state index in [-0.39, 0.29) is 12.6 Å². The third kappa shape index (κ3) is 3.39. The first-order valence-corrected chi connectivity index (χ1v) is 8.76. The summed E-state index contributed by atoms with van der Waals surface area (Å²) in [7, 11) is 0. The first-order valence-electron chi connectivity index (χ1n) is 8.76. The lowest BCUT2D eigenvalue weighted by atomic mass is 10.1. The van der Waals surface area contributed by atoms with Crippen molar-refractivity contribution in [3.63, 3.8) is 0 Å². The zero-order valence-electron chi connectivity index (χ0n) is 15.6. The van der Waals surface area contributed by atoms with Gasteiger partial charge in [-0.2, -0.15) is 5.10 Å². The van der Waals surface area contributed by atoms with E-state index >= 15 is 0 Å². The molecule has 1 aliphatic heterocycles. The molecule has 4 rings (SSSR count). The van der Waals surface area contributed by atoms with Crippen molar-refractivity contribution in [3.8, 4) is 0 Å². The molecular formula is C18H20FN7O2. The number of aromatic nitrogens is 4. The Labute approximate surface area is 160 Å².